The predicted molar refractivity (Wildman–Crippen MR) is 81.9 cm³/mol. The van der Waals surface area contributed by atoms with E-state index >= 15 is 0 Å². The van der Waals surface area contributed by atoms with E-state index < -0.39 is 0 Å². The van der Waals surface area contributed by atoms with Crippen molar-refractivity contribution in [3.05, 3.63) is 65.2 Å². The summed E-state index contributed by atoms with van der Waals surface area (Å²) in [6.45, 7) is 5.57. The molecule has 0 radical (unpaired) electrons. The van der Waals surface area contributed by atoms with Crippen molar-refractivity contribution >= 4 is 5.69 Å². The van der Waals surface area contributed by atoms with Crippen LogP contribution in [0.4, 0.5) is 5.69 Å². The Labute approximate surface area is 115 Å². The molecule has 1 heteroatoms. The summed E-state index contributed by atoms with van der Waals surface area (Å²) < 4.78 is 0. The van der Waals surface area contributed by atoms with Crippen molar-refractivity contribution < 1.29 is 0 Å². The van der Waals surface area contributed by atoms with Crippen LogP contribution in [0.1, 0.15) is 42.4 Å². The normalized spacial score (nSPS) is 17.9. The molecule has 0 spiro atoms. The lowest BCUT2D eigenvalue weighted by molar-refractivity contribution is 0.689. The van der Waals surface area contributed by atoms with E-state index in [2.05, 4.69) is 67.7 Å². The highest BCUT2D eigenvalue weighted by Crippen LogP contribution is 2.35. The molecule has 19 heavy (non-hydrogen) atoms. The van der Waals surface area contributed by atoms with Gasteiger partial charge in [0.2, 0.25) is 0 Å². The Bertz CT molecular complexity index is 557. The van der Waals surface area contributed by atoms with E-state index in [1.54, 1.807) is 0 Å². The first-order chi connectivity index (χ1) is 9.25. The number of fused-ring (bicyclic) bond motifs is 1. The van der Waals surface area contributed by atoms with Crippen LogP contribution in [0.15, 0.2) is 48.5 Å². The summed E-state index contributed by atoms with van der Waals surface area (Å²) >= 11 is 0. The van der Waals surface area contributed by atoms with Gasteiger partial charge in [0.15, 0.2) is 0 Å². The van der Waals surface area contributed by atoms with Crippen molar-refractivity contribution in [3.8, 4) is 0 Å². The van der Waals surface area contributed by atoms with Crippen molar-refractivity contribution in [3.63, 3.8) is 0 Å². The Morgan fingerprint density at radius 1 is 1.00 bits per heavy atom. The topological polar surface area (TPSA) is 12.0 Å². The van der Waals surface area contributed by atoms with Crippen LogP contribution in [0.25, 0.3) is 0 Å². The van der Waals surface area contributed by atoms with Gasteiger partial charge in [-0.25, -0.2) is 0 Å². The molecule has 1 N–H and O–H groups in total. The van der Waals surface area contributed by atoms with Crippen molar-refractivity contribution in [2.24, 2.45) is 0 Å². The molecule has 3 rings (SSSR count). The molecule has 0 aromatic heterocycles. The lowest BCUT2D eigenvalue weighted by Gasteiger charge is -2.29. The molecule has 1 unspecified atom stereocenters. The first kappa shape index (κ1) is 12.3. The third-order valence-corrected chi connectivity index (χ3v) is 4.07. The van der Waals surface area contributed by atoms with Gasteiger partial charge in [-0.15, -0.1) is 0 Å². The molecule has 2 aromatic rings. The van der Waals surface area contributed by atoms with E-state index in [9.17, 15) is 0 Å². The molecule has 0 bridgehead atoms. The van der Waals surface area contributed by atoms with Crippen molar-refractivity contribution in [1.29, 1.82) is 0 Å². The van der Waals surface area contributed by atoms with E-state index in [4.69, 9.17) is 0 Å². The van der Waals surface area contributed by atoms with E-state index in [0.717, 1.165) is 13.0 Å². The first-order valence-corrected chi connectivity index (χ1v) is 7.16. The molecule has 1 atom stereocenters. The summed E-state index contributed by atoms with van der Waals surface area (Å²) in [7, 11) is 0. The molecule has 0 fully saturated rings. The third kappa shape index (κ3) is 2.37. The molecule has 2 aromatic carbocycles. The van der Waals surface area contributed by atoms with Gasteiger partial charge in [0.05, 0.1) is 0 Å². The Hall–Kier alpha value is -1.76. The van der Waals surface area contributed by atoms with Crippen LogP contribution < -0.4 is 5.32 Å². The summed E-state index contributed by atoms with van der Waals surface area (Å²) in [6, 6.07) is 17.6. The van der Waals surface area contributed by atoms with Crippen LogP contribution >= 0.6 is 0 Å². The molecule has 1 heterocycles. The summed E-state index contributed by atoms with van der Waals surface area (Å²) in [5, 5.41) is 3.66. The van der Waals surface area contributed by atoms with Gasteiger partial charge < -0.3 is 5.32 Å². The second-order valence-corrected chi connectivity index (χ2v) is 5.73. The van der Waals surface area contributed by atoms with Gasteiger partial charge in [0.25, 0.3) is 0 Å². The van der Waals surface area contributed by atoms with Crippen LogP contribution in [0, 0.1) is 0 Å². The van der Waals surface area contributed by atoms with Crippen molar-refractivity contribution in [2.45, 2.75) is 32.1 Å². The highest BCUT2D eigenvalue weighted by molar-refractivity contribution is 5.61. The molecule has 0 saturated heterocycles. The molecule has 1 aliphatic rings. The zero-order valence-electron chi connectivity index (χ0n) is 11.7. The van der Waals surface area contributed by atoms with E-state index in [1.807, 2.05) is 0 Å². The predicted octanol–water partition coefficient (Wildman–Crippen LogP) is 4.56. The molecule has 0 saturated carbocycles. The van der Waals surface area contributed by atoms with Crippen molar-refractivity contribution in [1.82, 2.24) is 0 Å². The second kappa shape index (κ2) is 5.08. The fraction of sp³-hybridized carbons (Fsp3) is 0.333. The maximum atomic E-state index is 3.66. The zero-order chi connectivity index (χ0) is 13.2. The highest BCUT2D eigenvalue weighted by atomic mass is 14.9. The van der Waals surface area contributed by atoms with Crippen molar-refractivity contribution in [2.75, 3.05) is 11.9 Å². The van der Waals surface area contributed by atoms with Crippen LogP contribution in [-0.4, -0.2) is 6.54 Å². The quantitative estimate of drug-likeness (QED) is 0.825. The SMILES string of the molecule is CC(C)c1cccc2c1NCC(c1ccccc1)C2. The average Bonchev–Trinajstić information content (AvgIpc) is 2.47. The Morgan fingerprint density at radius 2 is 1.79 bits per heavy atom. The van der Waals surface area contributed by atoms with Gasteiger partial charge in [-0.2, -0.15) is 0 Å². The fourth-order valence-corrected chi connectivity index (χ4v) is 3.01. The lowest BCUT2D eigenvalue weighted by Crippen LogP contribution is -2.22. The van der Waals surface area contributed by atoms with Crippen LogP contribution in [0.5, 0.6) is 0 Å². The maximum Gasteiger partial charge on any atom is 0.0408 e. The van der Waals surface area contributed by atoms with Gasteiger partial charge >= 0.3 is 0 Å². The number of hydrogen-bond donors (Lipinski definition) is 1. The van der Waals surface area contributed by atoms with Crippen LogP contribution in [0.3, 0.4) is 0 Å². The van der Waals surface area contributed by atoms with Gasteiger partial charge in [-0.3, -0.25) is 0 Å². The summed E-state index contributed by atoms with van der Waals surface area (Å²) in [5.74, 6) is 1.17. The summed E-state index contributed by atoms with van der Waals surface area (Å²) in [4.78, 5) is 0. The van der Waals surface area contributed by atoms with E-state index in [-0.39, 0.29) is 0 Å². The number of benzene rings is 2. The fourth-order valence-electron chi connectivity index (χ4n) is 3.01. The zero-order valence-corrected chi connectivity index (χ0v) is 11.7. The minimum atomic E-state index is 0.579. The highest BCUT2D eigenvalue weighted by Gasteiger charge is 2.21. The summed E-state index contributed by atoms with van der Waals surface area (Å²) in [5.41, 5.74) is 5.73. The molecular weight excluding hydrogens is 230 g/mol. The van der Waals surface area contributed by atoms with E-state index in [1.165, 1.54) is 22.4 Å². The molecule has 0 aliphatic carbocycles. The smallest absolute Gasteiger partial charge is 0.0408 e. The monoisotopic (exact) mass is 251 g/mol. The molecule has 1 nitrogen and oxygen atoms in total. The number of nitrogens with one attached hydrogen (secondary N) is 1. The molecule has 98 valence electrons. The van der Waals surface area contributed by atoms with E-state index in [0.29, 0.717) is 11.8 Å². The van der Waals surface area contributed by atoms with Gasteiger partial charge in [0, 0.05) is 18.2 Å². The molecular formula is C18H21N. The molecule has 1 aliphatic heterocycles. The number of para-hydroxylation sites is 1. The number of hydrogen-bond acceptors (Lipinski definition) is 1. The Balaban J connectivity index is 1.91. The minimum Gasteiger partial charge on any atom is -0.384 e. The summed E-state index contributed by atoms with van der Waals surface area (Å²) in [6.07, 6.45) is 1.15. The Kier molecular flexibility index (Phi) is 3.29. The minimum absolute atomic E-state index is 0.579. The van der Waals surface area contributed by atoms with Crippen LogP contribution in [0.2, 0.25) is 0 Å². The maximum absolute atomic E-state index is 3.66. The van der Waals surface area contributed by atoms with Gasteiger partial charge in [0.1, 0.15) is 0 Å². The third-order valence-electron chi connectivity index (χ3n) is 4.07. The van der Waals surface area contributed by atoms with Crippen LogP contribution in [-0.2, 0) is 6.42 Å². The number of anilines is 1. The van der Waals surface area contributed by atoms with Gasteiger partial charge in [-0.1, -0.05) is 62.4 Å². The first-order valence-electron chi connectivity index (χ1n) is 7.16. The molecule has 0 amide bonds. The average molecular weight is 251 g/mol. The largest absolute Gasteiger partial charge is 0.384 e. The number of rotatable bonds is 2. The van der Waals surface area contributed by atoms with Gasteiger partial charge in [-0.05, 0) is 29.0 Å². The second-order valence-electron chi connectivity index (χ2n) is 5.73. The standard InChI is InChI=1S/C18H21N/c1-13(2)17-10-6-9-15-11-16(12-19-18(15)17)14-7-4-3-5-8-14/h3-10,13,16,19H,11-12H2,1-2H3. The Morgan fingerprint density at radius 3 is 2.53 bits per heavy atom. The lowest BCUT2D eigenvalue weighted by atomic mass is 9.85.